The molecule has 2 aromatic carbocycles. The van der Waals surface area contributed by atoms with E-state index in [0.717, 1.165) is 10.0 Å². The summed E-state index contributed by atoms with van der Waals surface area (Å²) in [5.41, 5.74) is 1.38. The van der Waals surface area contributed by atoms with Gasteiger partial charge < -0.3 is 10.6 Å². The maximum absolute atomic E-state index is 11.7. The van der Waals surface area contributed by atoms with Crippen molar-refractivity contribution in [2.75, 3.05) is 5.32 Å². The Labute approximate surface area is 135 Å². The summed E-state index contributed by atoms with van der Waals surface area (Å²) in [5, 5.41) is 5.64. The highest BCUT2D eigenvalue weighted by Gasteiger charge is 2.13. The molecule has 2 rings (SSSR count). The van der Waals surface area contributed by atoms with Gasteiger partial charge in [0.2, 0.25) is 0 Å². The summed E-state index contributed by atoms with van der Waals surface area (Å²) in [7, 11) is 0. The van der Waals surface area contributed by atoms with Gasteiger partial charge in [-0.25, -0.2) is 0 Å². The minimum Gasteiger partial charge on any atom is -0.344 e. The van der Waals surface area contributed by atoms with Crippen LogP contribution < -0.4 is 10.6 Å². The Morgan fingerprint density at radius 1 is 1.05 bits per heavy atom. The van der Waals surface area contributed by atoms with E-state index in [1.165, 1.54) is 0 Å². The van der Waals surface area contributed by atoms with Crippen LogP contribution in [0.2, 0.25) is 5.02 Å². The standard InChI is InChI=1S/C15H12BrClN2O2/c16-11-4-6-13(7-5-11)19-15(21)14(20)18-9-10-2-1-3-12(17)8-10/h1-8H,9H2,(H,18,20)(H,19,21). The molecule has 0 saturated carbocycles. The quantitative estimate of drug-likeness (QED) is 0.817. The number of benzene rings is 2. The maximum atomic E-state index is 11.7. The molecule has 0 spiro atoms. The Morgan fingerprint density at radius 3 is 2.43 bits per heavy atom. The molecule has 0 aliphatic carbocycles. The second-order valence-corrected chi connectivity index (χ2v) is 5.63. The lowest BCUT2D eigenvalue weighted by atomic mass is 10.2. The third-order valence-corrected chi connectivity index (χ3v) is 3.41. The second-order valence-electron chi connectivity index (χ2n) is 4.27. The van der Waals surface area contributed by atoms with Crippen LogP contribution in [0.5, 0.6) is 0 Å². The fourth-order valence-electron chi connectivity index (χ4n) is 1.63. The summed E-state index contributed by atoms with van der Waals surface area (Å²) >= 11 is 9.14. The van der Waals surface area contributed by atoms with Gasteiger partial charge in [-0.05, 0) is 42.0 Å². The van der Waals surface area contributed by atoms with Crippen molar-refractivity contribution in [3.63, 3.8) is 0 Å². The number of amides is 2. The Balaban J connectivity index is 1.88. The van der Waals surface area contributed by atoms with Gasteiger partial charge in [0.25, 0.3) is 0 Å². The van der Waals surface area contributed by atoms with Crippen LogP contribution in [-0.2, 0) is 16.1 Å². The summed E-state index contributed by atoms with van der Waals surface area (Å²) in [6.45, 7) is 0.243. The minimum atomic E-state index is -0.709. The predicted molar refractivity (Wildman–Crippen MR) is 86.1 cm³/mol. The number of carbonyl (C=O) groups is 2. The molecular formula is C15H12BrClN2O2. The zero-order valence-corrected chi connectivity index (χ0v) is 13.2. The Hall–Kier alpha value is -1.85. The first-order chi connectivity index (χ1) is 10.0. The van der Waals surface area contributed by atoms with Crippen LogP contribution in [0.1, 0.15) is 5.56 Å². The summed E-state index contributed by atoms with van der Waals surface area (Å²) in [4.78, 5) is 23.4. The van der Waals surface area contributed by atoms with Gasteiger partial charge in [0.15, 0.2) is 0 Å². The molecule has 6 heteroatoms. The molecule has 108 valence electrons. The average Bonchev–Trinajstić information content (AvgIpc) is 2.47. The van der Waals surface area contributed by atoms with Gasteiger partial charge in [0.05, 0.1) is 0 Å². The first kappa shape index (κ1) is 15.5. The molecule has 0 saturated heterocycles. The number of halogens is 2. The molecule has 0 aliphatic heterocycles. The van der Waals surface area contributed by atoms with Gasteiger partial charge >= 0.3 is 11.8 Å². The molecule has 0 unspecified atom stereocenters. The van der Waals surface area contributed by atoms with E-state index in [2.05, 4.69) is 26.6 Å². The molecule has 4 nitrogen and oxygen atoms in total. The predicted octanol–water partition coefficient (Wildman–Crippen LogP) is 3.36. The van der Waals surface area contributed by atoms with Crippen LogP contribution in [0.25, 0.3) is 0 Å². The number of rotatable bonds is 3. The van der Waals surface area contributed by atoms with Crippen LogP contribution in [0.3, 0.4) is 0 Å². The molecule has 0 aliphatic rings. The smallest absolute Gasteiger partial charge is 0.313 e. The molecular weight excluding hydrogens is 356 g/mol. The number of nitrogens with one attached hydrogen (secondary N) is 2. The van der Waals surface area contributed by atoms with Gasteiger partial charge in [0.1, 0.15) is 0 Å². The van der Waals surface area contributed by atoms with Crippen molar-refractivity contribution in [1.29, 1.82) is 0 Å². The Bertz CT molecular complexity index is 659. The van der Waals surface area contributed by atoms with Crippen molar-refractivity contribution in [3.8, 4) is 0 Å². The molecule has 21 heavy (non-hydrogen) atoms. The molecule has 2 amide bonds. The third kappa shape index (κ3) is 4.88. The molecule has 2 N–H and O–H groups in total. The lowest BCUT2D eigenvalue weighted by Gasteiger charge is -2.07. The second kappa shape index (κ2) is 7.24. The van der Waals surface area contributed by atoms with E-state index in [4.69, 9.17) is 11.6 Å². The summed E-state index contributed by atoms with van der Waals surface area (Å²) < 4.78 is 0.894. The van der Waals surface area contributed by atoms with Crippen molar-refractivity contribution < 1.29 is 9.59 Å². The van der Waals surface area contributed by atoms with Crippen molar-refractivity contribution in [2.45, 2.75) is 6.54 Å². The van der Waals surface area contributed by atoms with E-state index in [0.29, 0.717) is 10.7 Å². The third-order valence-electron chi connectivity index (χ3n) is 2.65. The van der Waals surface area contributed by atoms with Gasteiger partial charge in [0, 0.05) is 21.7 Å². The maximum Gasteiger partial charge on any atom is 0.313 e. The lowest BCUT2D eigenvalue weighted by Crippen LogP contribution is -2.34. The zero-order chi connectivity index (χ0) is 15.2. The highest BCUT2D eigenvalue weighted by molar-refractivity contribution is 9.10. The van der Waals surface area contributed by atoms with Crippen molar-refractivity contribution in [2.24, 2.45) is 0 Å². The fourth-order valence-corrected chi connectivity index (χ4v) is 2.11. The van der Waals surface area contributed by atoms with E-state index in [-0.39, 0.29) is 6.54 Å². The van der Waals surface area contributed by atoms with Crippen molar-refractivity contribution in [3.05, 3.63) is 63.6 Å². The highest BCUT2D eigenvalue weighted by atomic mass is 79.9. The van der Waals surface area contributed by atoms with Gasteiger partial charge in [-0.1, -0.05) is 39.7 Å². The van der Waals surface area contributed by atoms with Crippen LogP contribution in [0, 0.1) is 0 Å². The molecule has 0 atom stereocenters. The van der Waals surface area contributed by atoms with Crippen molar-refractivity contribution in [1.82, 2.24) is 5.32 Å². The van der Waals surface area contributed by atoms with Crippen LogP contribution in [0.4, 0.5) is 5.69 Å². The summed E-state index contributed by atoms with van der Waals surface area (Å²) in [5.74, 6) is -1.41. The van der Waals surface area contributed by atoms with E-state index in [1.807, 2.05) is 6.07 Å². The van der Waals surface area contributed by atoms with E-state index >= 15 is 0 Å². The number of carbonyl (C=O) groups excluding carboxylic acids is 2. The highest BCUT2D eigenvalue weighted by Crippen LogP contribution is 2.14. The lowest BCUT2D eigenvalue weighted by molar-refractivity contribution is -0.136. The van der Waals surface area contributed by atoms with E-state index < -0.39 is 11.8 Å². The summed E-state index contributed by atoms with van der Waals surface area (Å²) in [6.07, 6.45) is 0. The topological polar surface area (TPSA) is 58.2 Å². The molecule has 2 aromatic rings. The Kier molecular flexibility index (Phi) is 5.36. The monoisotopic (exact) mass is 366 g/mol. The number of hydrogen-bond acceptors (Lipinski definition) is 2. The van der Waals surface area contributed by atoms with E-state index in [1.54, 1.807) is 42.5 Å². The molecule has 0 heterocycles. The van der Waals surface area contributed by atoms with E-state index in [9.17, 15) is 9.59 Å². The normalized spacial score (nSPS) is 10.0. The average molecular weight is 368 g/mol. The minimum absolute atomic E-state index is 0.243. The Morgan fingerprint density at radius 2 is 1.76 bits per heavy atom. The molecule has 0 radical (unpaired) electrons. The molecule has 0 bridgehead atoms. The van der Waals surface area contributed by atoms with Crippen LogP contribution >= 0.6 is 27.5 Å². The van der Waals surface area contributed by atoms with Gasteiger partial charge in [-0.2, -0.15) is 0 Å². The molecule has 0 aromatic heterocycles. The zero-order valence-electron chi connectivity index (χ0n) is 10.9. The van der Waals surface area contributed by atoms with Crippen LogP contribution in [0.15, 0.2) is 53.0 Å². The van der Waals surface area contributed by atoms with Gasteiger partial charge in [-0.15, -0.1) is 0 Å². The number of anilines is 1. The van der Waals surface area contributed by atoms with Crippen LogP contribution in [-0.4, -0.2) is 11.8 Å². The fraction of sp³-hybridized carbons (Fsp3) is 0.0667. The molecule has 0 fully saturated rings. The van der Waals surface area contributed by atoms with Crippen molar-refractivity contribution >= 4 is 45.0 Å². The summed E-state index contributed by atoms with van der Waals surface area (Å²) in [6, 6.07) is 14.0. The van der Waals surface area contributed by atoms with Gasteiger partial charge in [-0.3, -0.25) is 9.59 Å². The first-order valence-electron chi connectivity index (χ1n) is 6.14. The number of hydrogen-bond donors (Lipinski definition) is 2. The largest absolute Gasteiger partial charge is 0.344 e. The SMILES string of the molecule is O=C(NCc1cccc(Cl)c1)C(=O)Nc1ccc(Br)cc1. The first-order valence-corrected chi connectivity index (χ1v) is 7.31.